The standard InChI is InChI=1S/C20H24BrN3O2Si/c1-27(2,3)8-7-26-13-24-18-16(5-4-6-22-18)20(19(24)25)10-14-9-15(21)12-23-17(14)11-20/h4-6,9,12H,7-8,10-11,13H2,1-3H3/t20-/m1/s1. The molecule has 5 nitrogen and oxygen atoms in total. The molecule has 27 heavy (non-hydrogen) atoms. The maximum atomic E-state index is 13.5. The summed E-state index contributed by atoms with van der Waals surface area (Å²) in [5.74, 6) is 0.820. The van der Waals surface area contributed by atoms with E-state index in [4.69, 9.17) is 4.74 Å². The van der Waals surface area contributed by atoms with E-state index in [9.17, 15) is 4.79 Å². The topological polar surface area (TPSA) is 55.3 Å². The van der Waals surface area contributed by atoms with Crippen LogP contribution in [0.4, 0.5) is 5.82 Å². The molecule has 142 valence electrons. The fourth-order valence-electron chi connectivity index (χ4n) is 3.95. The average Bonchev–Trinajstić information content (AvgIpc) is 3.09. The Labute approximate surface area is 169 Å². The molecule has 2 aromatic rings. The van der Waals surface area contributed by atoms with Crippen molar-refractivity contribution < 1.29 is 9.53 Å². The number of nitrogens with zero attached hydrogens (tertiary/aromatic N) is 3. The van der Waals surface area contributed by atoms with Crippen molar-refractivity contribution in [2.45, 2.75) is 43.9 Å². The van der Waals surface area contributed by atoms with Crippen LogP contribution in [0.2, 0.25) is 25.7 Å². The molecule has 2 aliphatic rings. The lowest BCUT2D eigenvalue weighted by atomic mass is 9.80. The van der Waals surface area contributed by atoms with E-state index in [2.05, 4.69) is 51.6 Å². The molecule has 4 rings (SSSR count). The van der Waals surface area contributed by atoms with Gasteiger partial charge < -0.3 is 4.74 Å². The van der Waals surface area contributed by atoms with E-state index in [0.717, 1.165) is 33.2 Å². The molecule has 0 saturated heterocycles. The lowest BCUT2D eigenvalue weighted by Gasteiger charge is -2.23. The molecule has 2 aromatic heterocycles. The molecule has 1 spiro atoms. The highest BCUT2D eigenvalue weighted by Gasteiger charge is 2.55. The predicted octanol–water partition coefficient (Wildman–Crippen LogP) is 3.93. The SMILES string of the molecule is C[Si](C)(C)CCOCN1C(=O)[C@@]2(Cc3cc(Br)cnc3C2)c2cccnc21. The Morgan fingerprint density at radius 2 is 2.11 bits per heavy atom. The highest BCUT2D eigenvalue weighted by Crippen LogP contribution is 2.48. The van der Waals surface area contributed by atoms with E-state index in [0.29, 0.717) is 19.4 Å². The van der Waals surface area contributed by atoms with Crippen LogP contribution in [0.25, 0.3) is 0 Å². The number of carbonyl (C=O) groups excluding carboxylic acids is 1. The maximum Gasteiger partial charge on any atom is 0.241 e. The zero-order chi connectivity index (χ0) is 19.2. The second-order valence-electron chi connectivity index (χ2n) is 8.65. The molecular weight excluding hydrogens is 422 g/mol. The van der Waals surface area contributed by atoms with Crippen molar-refractivity contribution in [2.75, 3.05) is 18.2 Å². The Hall–Kier alpha value is -1.57. The summed E-state index contributed by atoms with van der Waals surface area (Å²) in [5, 5.41) is 0. The Balaban J connectivity index is 1.60. The van der Waals surface area contributed by atoms with Gasteiger partial charge >= 0.3 is 0 Å². The number of carbonyl (C=O) groups is 1. The van der Waals surface area contributed by atoms with Crippen LogP contribution < -0.4 is 4.90 Å². The molecule has 1 aliphatic heterocycles. The minimum atomic E-state index is -1.16. The molecule has 0 radical (unpaired) electrons. The van der Waals surface area contributed by atoms with Crippen molar-refractivity contribution in [3.63, 3.8) is 0 Å². The van der Waals surface area contributed by atoms with E-state index in [1.54, 1.807) is 17.3 Å². The van der Waals surface area contributed by atoms with Gasteiger partial charge in [0.2, 0.25) is 5.91 Å². The predicted molar refractivity (Wildman–Crippen MR) is 112 cm³/mol. The first-order valence-corrected chi connectivity index (χ1v) is 13.8. The first-order chi connectivity index (χ1) is 12.8. The molecule has 0 unspecified atom stereocenters. The third kappa shape index (κ3) is 3.36. The molecular formula is C20H24BrN3O2Si. The van der Waals surface area contributed by atoms with Crippen molar-refractivity contribution in [3.8, 4) is 0 Å². The van der Waals surface area contributed by atoms with Crippen LogP contribution >= 0.6 is 15.9 Å². The number of hydrogen-bond donors (Lipinski definition) is 0. The first kappa shape index (κ1) is 18.8. The summed E-state index contributed by atoms with van der Waals surface area (Å²) in [7, 11) is -1.16. The summed E-state index contributed by atoms with van der Waals surface area (Å²) in [6.45, 7) is 7.92. The number of rotatable bonds is 5. The van der Waals surface area contributed by atoms with E-state index >= 15 is 0 Å². The van der Waals surface area contributed by atoms with Crippen molar-refractivity contribution in [3.05, 3.63) is 51.9 Å². The van der Waals surface area contributed by atoms with Crippen LogP contribution in [-0.4, -0.2) is 37.3 Å². The number of fused-ring (bicyclic) bond motifs is 3. The number of halogens is 1. The molecule has 1 amide bonds. The number of pyridine rings is 2. The fraction of sp³-hybridized carbons (Fsp3) is 0.450. The Morgan fingerprint density at radius 1 is 1.30 bits per heavy atom. The zero-order valence-corrected chi connectivity index (χ0v) is 18.5. The maximum absolute atomic E-state index is 13.5. The van der Waals surface area contributed by atoms with Crippen LogP contribution in [0.1, 0.15) is 16.8 Å². The second-order valence-corrected chi connectivity index (χ2v) is 15.2. The summed E-state index contributed by atoms with van der Waals surface area (Å²) in [4.78, 5) is 24.3. The molecule has 0 aromatic carbocycles. The zero-order valence-electron chi connectivity index (χ0n) is 16.0. The Kier molecular flexibility index (Phi) is 4.72. The fourth-order valence-corrected chi connectivity index (χ4v) is 5.08. The number of anilines is 1. The monoisotopic (exact) mass is 445 g/mol. The highest BCUT2D eigenvalue weighted by molar-refractivity contribution is 9.10. The lowest BCUT2D eigenvalue weighted by molar-refractivity contribution is -0.124. The number of amides is 1. The van der Waals surface area contributed by atoms with Gasteiger partial charge in [-0.3, -0.25) is 14.7 Å². The molecule has 0 bridgehead atoms. The van der Waals surface area contributed by atoms with Gasteiger partial charge in [-0.1, -0.05) is 25.7 Å². The molecule has 0 saturated carbocycles. The van der Waals surface area contributed by atoms with Gasteiger partial charge in [-0.15, -0.1) is 0 Å². The van der Waals surface area contributed by atoms with Crippen LogP contribution in [0.3, 0.4) is 0 Å². The Morgan fingerprint density at radius 3 is 2.89 bits per heavy atom. The highest BCUT2D eigenvalue weighted by atomic mass is 79.9. The lowest BCUT2D eigenvalue weighted by Crippen LogP contribution is -2.42. The van der Waals surface area contributed by atoms with Gasteiger partial charge in [-0.25, -0.2) is 4.98 Å². The van der Waals surface area contributed by atoms with Gasteiger partial charge in [0, 0.05) is 49.2 Å². The normalized spacial score (nSPS) is 21.0. The molecule has 7 heteroatoms. The number of hydrogen-bond acceptors (Lipinski definition) is 4. The third-order valence-corrected chi connectivity index (χ3v) is 7.55. The smallest absolute Gasteiger partial charge is 0.241 e. The third-order valence-electron chi connectivity index (χ3n) is 5.42. The average molecular weight is 446 g/mol. The largest absolute Gasteiger partial charge is 0.361 e. The molecule has 1 aliphatic carbocycles. The van der Waals surface area contributed by atoms with Crippen molar-refractivity contribution in [1.82, 2.24) is 9.97 Å². The molecule has 0 fully saturated rings. The van der Waals surface area contributed by atoms with Crippen LogP contribution in [0.15, 0.2) is 35.1 Å². The summed E-state index contributed by atoms with van der Waals surface area (Å²) < 4.78 is 6.84. The summed E-state index contributed by atoms with van der Waals surface area (Å²) in [6.07, 6.45) is 4.84. The minimum Gasteiger partial charge on any atom is -0.361 e. The van der Waals surface area contributed by atoms with Crippen molar-refractivity contribution in [2.24, 2.45) is 0 Å². The molecule has 1 atom stereocenters. The van der Waals surface area contributed by atoms with E-state index in [1.807, 2.05) is 12.1 Å². The van der Waals surface area contributed by atoms with Gasteiger partial charge in [0.1, 0.15) is 12.5 Å². The second kappa shape index (κ2) is 6.79. The summed E-state index contributed by atoms with van der Waals surface area (Å²) in [6, 6.07) is 7.10. The number of aromatic nitrogens is 2. The van der Waals surface area contributed by atoms with Crippen molar-refractivity contribution >= 4 is 35.7 Å². The van der Waals surface area contributed by atoms with Gasteiger partial charge in [-0.2, -0.15) is 0 Å². The van der Waals surface area contributed by atoms with E-state index in [-0.39, 0.29) is 12.6 Å². The summed E-state index contributed by atoms with van der Waals surface area (Å²) in [5.41, 5.74) is 2.54. The van der Waals surface area contributed by atoms with Gasteiger partial charge in [0.05, 0.1) is 5.41 Å². The number of ether oxygens (including phenoxy) is 1. The van der Waals surface area contributed by atoms with E-state index in [1.165, 1.54) is 0 Å². The van der Waals surface area contributed by atoms with Crippen LogP contribution in [0, 0.1) is 0 Å². The van der Waals surface area contributed by atoms with Crippen molar-refractivity contribution in [1.29, 1.82) is 0 Å². The minimum absolute atomic E-state index is 0.0818. The molecule has 3 heterocycles. The quantitative estimate of drug-likeness (QED) is 0.516. The van der Waals surface area contributed by atoms with Crippen LogP contribution in [0.5, 0.6) is 0 Å². The van der Waals surface area contributed by atoms with Gasteiger partial charge in [0.25, 0.3) is 0 Å². The first-order valence-electron chi connectivity index (χ1n) is 9.29. The van der Waals surface area contributed by atoms with Gasteiger partial charge in [0.15, 0.2) is 0 Å². The van der Waals surface area contributed by atoms with Crippen LogP contribution in [-0.2, 0) is 27.8 Å². The summed E-state index contributed by atoms with van der Waals surface area (Å²) >= 11 is 3.49. The van der Waals surface area contributed by atoms with Gasteiger partial charge in [-0.05, 0) is 46.1 Å². The molecule has 0 N–H and O–H groups in total. The van der Waals surface area contributed by atoms with E-state index < -0.39 is 13.5 Å². The Bertz CT molecular complexity index is 899.